The van der Waals surface area contributed by atoms with E-state index < -0.39 is 24.0 Å². The van der Waals surface area contributed by atoms with E-state index in [1.807, 2.05) is 38.1 Å². The first-order valence-electron chi connectivity index (χ1n) is 12.0. The molecule has 7 nitrogen and oxygen atoms in total. The number of nitrogens with one attached hydrogen (secondary N) is 2. The highest BCUT2D eigenvalue weighted by atomic mass is 16.5. The number of benzene rings is 2. The summed E-state index contributed by atoms with van der Waals surface area (Å²) in [6, 6.07) is 15.5. The molecule has 0 saturated heterocycles. The Balaban J connectivity index is 1.34. The van der Waals surface area contributed by atoms with Gasteiger partial charge in [-0.3, -0.25) is 9.59 Å². The zero-order chi connectivity index (χ0) is 24.2. The molecule has 0 aromatic heterocycles. The van der Waals surface area contributed by atoms with Crippen LogP contribution in [0.4, 0.5) is 4.79 Å². The number of aliphatic carboxylic acids is 1. The number of alkyl carbamates (subject to hydrolysis) is 1. The molecule has 1 fully saturated rings. The van der Waals surface area contributed by atoms with Gasteiger partial charge in [0, 0.05) is 24.4 Å². The second-order valence-corrected chi connectivity index (χ2v) is 9.57. The van der Waals surface area contributed by atoms with E-state index in [9.17, 15) is 19.5 Å². The van der Waals surface area contributed by atoms with Crippen LogP contribution < -0.4 is 10.6 Å². The quantitative estimate of drug-likeness (QED) is 0.540. The van der Waals surface area contributed by atoms with Crippen molar-refractivity contribution in [2.24, 2.45) is 11.8 Å². The minimum absolute atomic E-state index is 0.00470. The zero-order valence-corrected chi connectivity index (χ0v) is 19.6. The number of fused-ring (bicyclic) bond motifs is 3. The van der Waals surface area contributed by atoms with Crippen molar-refractivity contribution < 1.29 is 24.2 Å². The molecular weight excluding hydrogens is 432 g/mol. The molecule has 0 spiro atoms. The fraction of sp³-hybridized carbons (Fsp3) is 0.444. The second kappa shape index (κ2) is 10.3. The molecule has 2 amide bonds. The van der Waals surface area contributed by atoms with Crippen molar-refractivity contribution in [1.29, 1.82) is 0 Å². The summed E-state index contributed by atoms with van der Waals surface area (Å²) in [5.41, 5.74) is 4.60. The number of carboxylic acids is 1. The maximum atomic E-state index is 12.7. The highest BCUT2D eigenvalue weighted by Gasteiger charge is 2.34. The maximum Gasteiger partial charge on any atom is 0.407 e. The van der Waals surface area contributed by atoms with Crippen molar-refractivity contribution in [3.8, 4) is 11.1 Å². The monoisotopic (exact) mass is 464 g/mol. The van der Waals surface area contributed by atoms with Gasteiger partial charge in [-0.25, -0.2) is 4.79 Å². The molecule has 1 unspecified atom stereocenters. The molecule has 2 aliphatic carbocycles. The fourth-order valence-electron chi connectivity index (χ4n) is 5.14. The van der Waals surface area contributed by atoms with Crippen LogP contribution in [0.15, 0.2) is 48.5 Å². The smallest absolute Gasteiger partial charge is 0.407 e. The summed E-state index contributed by atoms with van der Waals surface area (Å²) in [6.45, 7) is 4.06. The summed E-state index contributed by atoms with van der Waals surface area (Å²) < 4.78 is 5.62. The van der Waals surface area contributed by atoms with Gasteiger partial charge < -0.3 is 20.5 Å². The van der Waals surface area contributed by atoms with Gasteiger partial charge in [-0.1, -0.05) is 68.8 Å². The van der Waals surface area contributed by atoms with Crippen molar-refractivity contribution in [3.63, 3.8) is 0 Å². The molecule has 0 bridgehead atoms. The second-order valence-electron chi connectivity index (χ2n) is 9.57. The molecule has 4 rings (SSSR count). The molecule has 2 aliphatic rings. The average molecular weight is 465 g/mol. The van der Waals surface area contributed by atoms with E-state index in [1.165, 1.54) is 0 Å². The number of amides is 2. The van der Waals surface area contributed by atoms with Crippen LogP contribution in [0.3, 0.4) is 0 Å². The molecule has 2 aromatic carbocycles. The van der Waals surface area contributed by atoms with Crippen molar-refractivity contribution in [3.05, 3.63) is 59.7 Å². The van der Waals surface area contributed by atoms with E-state index in [-0.39, 0.29) is 36.8 Å². The van der Waals surface area contributed by atoms with Gasteiger partial charge in [-0.05, 0) is 41.0 Å². The molecular formula is C27H32N2O5. The van der Waals surface area contributed by atoms with Crippen LogP contribution in [-0.2, 0) is 14.3 Å². The summed E-state index contributed by atoms with van der Waals surface area (Å²) in [5, 5.41) is 15.0. The lowest BCUT2D eigenvalue weighted by molar-refractivity contribution is -0.142. The highest BCUT2D eigenvalue weighted by Crippen LogP contribution is 2.44. The molecule has 3 atom stereocenters. The third-order valence-corrected chi connectivity index (χ3v) is 7.04. The number of carboxylic acid groups (broad SMARTS) is 1. The van der Waals surface area contributed by atoms with Gasteiger partial charge >= 0.3 is 12.1 Å². The standard InChI is InChI=1S/C27H32N2O5/c1-16(2)24(14-25(30)28-23-13-7-12-21(23)26(31)32)29-27(33)34-15-22-19-10-5-3-8-17(19)18-9-4-6-11-20(18)22/h3-6,8-11,16,21-24H,7,12-15H2,1-2H3,(H,28,30)(H,29,33)(H,31,32)/t21-,23+,24?/m1/s1. The first-order valence-corrected chi connectivity index (χ1v) is 12.0. The SMILES string of the molecule is CC(C)C(CC(=O)N[C@H]1CCC[C@H]1C(=O)O)NC(=O)OCC1c2ccccc2-c2ccccc21. The normalized spacial score (nSPS) is 19.9. The minimum atomic E-state index is -0.875. The molecule has 0 heterocycles. The lowest BCUT2D eigenvalue weighted by atomic mass is 9.98. The van der Waals surface area contributed by atoms with Crippen molar-refractivity contribution in [2.45, 2.75) is 57.5 Å². The van der Waals surface area contributed by atoms with Gasteiger partial charge in [0.1, 0.15) is 6.61 Å². The number of hydrogen-bond donors (Lipinski definition) is 3. The lowest BCUT2D eigenvalue weighted by Gasteiger charge is -2.24. The molecule has 34 heavy (non-hydrogen) atoms. The fourth-order valence-corrected chi connectivity index (χ4v) is 5.14. The van der Waals surface area contributed by atoms with E-state index in [0.29, 0.717) is 12.8 Å². The van der Waals surface area contributed by atoms with Gasteiger partial charge in [0.15, 0.2) is 0 Å². The van der Waals surface area contributed by atoms with Gasteiger partial charge in [-0.2, -0.15) is 0 Å². The number of hydrogen-bond acceptors (Lipinski definition) is 4. The number of carbonyl (C=O) groups is 3. The molecule has 180 valence electrons. The summed E-state index contributed by atoms with van der Waals surface area (Å²) in [4.78, 5) is 36.7. The number of carbonyl (C=O) groups excluding carboxylic acids is 2. The Hall–Kier alpha value is -3.35. The van der Waals surface area contributed by atoms with Crippen LogP contribution in [0, 0.1) is 11.8 Å². The topological polar surface area (TPSA) is 105 Å². The van der Waals surface area contributed by atoms with Crippen LogP contribution in [0.2, 0.25) is 0 Å². The predicted octanol–water partition coefficient (Wildman–Crippen LogP) is 4.31. The number of ether oxygens (including phenoxy) is 1. The Morgan fingerprint density at radius 2 is 1.62 bits per heavy atom. The first-order chi connectivity index (χ1) is 16.3. The molecule has 2 aromatic rings. The van der Waals surface area contributed by atoms with Crippen molar-refractivity contribution in [1.82, 2.24) is 10.6 Å². The van der Waals surface area contributed by atoms with E-state index in [1.54, 1.807) is 0 Å². The molecule has 0 aliphatic heterocycles. The summed E-state index contributed by atoms with van der Waals surface area (Å²) in [7, 11) is 0. The summed E-state index contributed by atoms with van der Waals surface area (Å²) in [5.74, 6) is -1.70. The Morgan fingerprint density at radius 1 is 1.00 bits per heavy atom. The van der Waals surface area contributed by atoms with E-state index >= 15 is 0 Å². The molecule has 1 saturated carbocycles. The third-order valence-electron chi connectivity index (χ3n) is 7.04. The molecule has 0 radical (unpaired) electrons. The highest BCUT2D eigenvalue weighted by molar-refractivity contribution is 5.80. The van der Waals surface area contributed by atoms with Crippen LogP contribution in [0.1, 0.15) is 56.6 Å². The third kappa shape index (κ3) is 5.08. The summed E-state index contributed by atoms with van der Waals surface area (Å²) >= 11 is 0. The van der Waals surface area contributed by atoms with Crippen molar-refractivity contribution in [2.75, 3.05) is 6.61 Å². The van der Waals surface area contributed by atoms with Gasteiger partial charge in [-0.15, -0.1) is 0 Å². The van der Waals surface area contributed by atoms with E-state index in [0.717, 1.165) is 28.7 Å². The van der Waals surface area contributed by atoms with E-state index in [2.05, 4.69) is 34.9 Å². The zero-order valence-electron chi connectivity index (χ0n) is 19.6. The average Bonchev–Trinajstić information content (AvgIpc) is 3.40. The van der Waals surface area contributed by atoms with Crippen LogP contribution >= 0.6 is 0 Å². The summed E-state index contributed by atoms with van der Waals surface area (Å²) in [6.07, 6.45) is 1.54. The lowest BCUT2D eigenvalue weighted by Crippen LogP contribution is -2.46. The van der Waals surface area contributed by atoms with Crippen LogP contribution in [0.25, 0.3) is 11.1 Å². The van der Waals surface area contributed by atoms with Crippen LogP contribution in [0.5, 0.6) is 0 Å². The Morgan fingerprint density at radius 3 is 2.21 bits per heavy atom. The van der Waals surface area contributed by atoms with Gasteiger partial charge in [0.25, 0.3) is 0 Å². The first kappa shape index (κ1) is 23.8. The predicted molar refractivity (Wildman–Crippen MR) is 128 cm³/mol. The van der Waals surface area contributed by atoms with Crippen molar-refractivity contribution >= 4 is 18.0 Å². The maximum absolute atomic E-state index is 12.7. The largest absolute Gasteiger partial charge is 0.481 e. The Bertz CT molecular complexity index is 1020. The Labute approximate surface area is 199 Å². The number of rotatable bonds is 8. The minimum Gasteiger partial charge on any atom is -0.481 e. The van der Waals surface area contributed by atoms with Gasteiger partial charge in [0.2, 0.25) is 5.91 Å². The van der Waals surface area contributed by atoms with Gasteiger partial charge in [0.05, 0.1) is 5.92 Å². The Kier molecular flexibility index (Phi) is 7.20. The van der Waals surface area contributed by atoms with E-state index in [4.69, 9.17) is 4.74 Å². The van der Waals surface area contributed by atoms with Crippen LogP contribution in [-0.4, -0.2) is 41.8 Å². The molecule has 7 heteroatoms. The molecule has 3 N–H and O–H groups in total.